The van der Waals surface area contributed by atoms with Crippen LogP contribution in [0.25, 0.3) is 0 Å². The highest BCUT2D eigenvalue weighted by atomic mass is 15.1. The number of aryl methyl sites for hydroxylation is 2. The fourth-order valence-electron chi connectivity index (χ4n) is 2.42. The minimum Gasteiger partial charge on any atom is -0.327 e. The van der Waals surface area contributed by atoms with Crippen molar-refractivity contribution in [2.24, 2.45) is 5.73 Å². The molecule has 0 radical (unpaired) electrons. The Morgan fingerprint density at radius 2 is 1.67 bits per heavy atom. The molecule has 0 spiro atoms. The van der Waals surface area contributed by atoms with Crippen molar-refractivity contribution in [3.63, 3.8) is 0 Å². The lowest BCUT2D eigenvalue weighted by Gasteiger charge is -2.21. The van der Waals surface area contributed by atoms with Crippen molar-refractivity contribution in [1.29, 1.82) is 0 Å². The molecule has 0 bridgehead atoms. The number of nitrogens with two attached hydrogens (primary N) is 1. The Bertz CT molecular complexity index is 336. The summed E-state index contributed by atoms with van der Waals surface area (Å²) < 4.78 is 0. The van der Waals surface area contributed by atoms with Crippen molar-refractivity contribution in [3.8, 4) is 0 Å². The lowest BCUT2D eigenvalue weighted by Crippen LogP contribution is -2.32. The lowest BCUT2D eigenvalue weighted by molar-refractivity contribution is 0.289. The van der Waals surface area contributed by atoms with Crippen LogP contribution < -0.4 is 5.73 Å². The molecule has 0 fully saturated rings. The molecule has 0 aromatic heterocycles. The van der Waals surface area contributed by atoms with Crippen molar-refractivity contribution in [2.45, 2.75) is 46.6 Å². The molecule has 0 aliphatic rings. The van der Waals surface area contributed by atoms with E-state index in [1.165, 1.54) is 16.7 Å². The Morgan fingerprint density at radius 1 is 1.11 bits per heavy atom. The van der Waals surface area contributed by atoms with E-state index < -0.39 is 0 Å². The quantitative estimate of drug-likeness (QED) is 0.804. The third-order valence-corrected chi connectivity index (χ3v) is 3.82. The van der Waals surface area contributed by atoms with E-state index in [4.69, 9.17) is 5.73 Å². The molecule has 1 aromatic carbocycles. The van der Waals surface area contributed by atoms with Gasteiger partial charge in [0.2, 0.25) is 0 Å². The van der Waals surface area contributed by atoms with Crippen molar-refractivity contribution in [2.75, 3.05) is 19.6 Å². The second-order valence-corrected chi connectivity index (χ2v) is 5.15. The van der Waals surface area contributed by atoms with E-state index >= 15 is 0 Å². The van der Waals surface area contributed by atoms with Crippen molar-refractivity contribution >= 4 is 0 Å². The smallest absolute Gasteiger partial charge is 0.00916 e. The first-order valence-corrected chi connectivity index (χ1v) is 7.11. The highest BCUT2D eigenvalue weighted by Gasteiger charge is 2.10. The average molecular weight is 248 g/mol. The van der Waals surface area contributed by atoms with Crippen LogP contribution in [0.4, 0.5) is 0 Å². The van der Waals surface area contributed by atoms with Crippen LogP contribution in [0.1, 0.15) is 37.0 Å². The van der Waals surface area contributed by atoms with Gasteiger partial charge in [0.15, 0.2) is 0 Å². The Labute approximate surface area is 112 Å². The van der Waals surface area contributed by atoms with E-state index in [1.54, 1.807) is 0 Å². The molecule has 0 heterocycles. The van der Waals surface area contributed by atoms with Crippen LogP contribution in [-0.4, -0.2) is 30.6 Å². The average Bonchev–Trinajstić information content (AvgIpc) is 2.35. The molecule has 0 saturated carbocycles. The fraction of sp³-hybridized carbons (Fsp3) is 0.625. The Kier molecular flexibility index (Phi) is 6.37. The van der Waals surface area contributed by atoms with Crippen LogP contribution in [-0.2, 0) is 6.42 Å². The largest absolute Gasteiger partial charge is 0.327 e. The van der Waals surface area contributed by atoms with Crippen molar-refractivity contribution in [1.82, 2.24) is 4.90 Å². The van der Waals surface area contributed by atoms with Crippen LogP contribution in [0.2, 0.25) is 0 Å². The standard InChI is InChI=1S/C16H28N2/c1-5-18(6-2)11-10-15(17)12-16-13(3)8-7-9-14(16)4/h7-9,15H,5-6,10-12,17H2,1-4H3. The Morgan fingerprint density at radius 3 is 2.17 bits per heavy atom. The zero-order chi connectivity index (χ0) is 13.5. The summed E-state index contributed by atoms with van der Waals surface area (Å²) in [5.74, 6) is 0. The van der Waals surface area contributed by atoms with Gasteiger partial charge in [-0.05, 0) is 63.0 Å². The van der Waals surface area contributed by atoms with E-state index in [9.17, 15) is 0 Å². The number of hydrogen-bond acceptors (Lipinski definition) is 2. The number of rotatable bonds is 7. The van der Waals surface area contributed by atoms with E-state index in [0.717, 1.165) is 32.5 Å². The summed E-state index contributed by atoms with van der Waals surface area (Å²) in [6.07, 6.45) is 2.08. The van der Waals surface area contributed by atoms with Gasteiger partial charge in [0.05, 0.1) is 0 Å². The molecule has 2 nitrogen and oxygen atoms in total. The monoisotopic (exact) mass is 248 g/mol. The highest BCUT2D eigenvalue weighted by molar-refractivity contribution is 5.34. The molecule has 2 N–H and O–H groups in total. The maximum Gasteiger partial charge on any atom is 0.00916 e. The molecule has 0 aliphatic heterocycles. The van der Waals surface area contributed by atoms with Crippen LogP contribution >= 0.6 is 0 Å². The van der Waals surface area contributed by atoms with Gasteiger partial charge in [-0.2, -0.15) is 0 Å². The van der Waals surface area contributed by atoms with Gasteiger partial charge >= 0.3 is 0 Å². The highest BCUT2D eigenvalue weighted by Crippen LogP contribution is 2.15. The van der Waals surface area contributed by atoms with Gasteiger partial charge in [0.1, 0.15) is 0 Å². The second kappa shape index (κ2) is 7.55. The topological polar surface area (TPSA) is 29.3 Å². The molecular formula is C16H28N2. The molecule has 2 heteroatoms. The zero-order valence-corrected chi connectivity index (χ0v) is 12.4. The summed E-state index contributed by atoms with van der Waals surface area (Å²) in [4.78, 5) is 2.44. The van der Waals surface area contributed by atoms with Gasteiger partial charge in [0.25, 0.3) is 0 Å². The first-order valence-electron chi connectivity index (χ1n) is 7.11. The molecule has 102 valence electrons. The molecule has 18 heavy (non-hydrogen) atoms. The molecule has 0 amide bonds. The van der Waals surface area contributed by atoms with Crippen LogP contribution in [0.5, 0.6) is 0 Å². The van der Waals surface area contributed by atoms with Crippen LogP contribution in [0, 0.1) is 13.8 Å². The predicted octanol–water partition coefficient (Wildman–Crippen LogP) is 2.91. The minimum absolute atomic E-state index is 0.269. The minimum atomic E-state index is 0.269. The zero-order valence-electron chi connectivity index (χ0n) is 12.4. The van der Waals surface area contributed by atoms with Gasteiger partial charge in [-0.3, -0.25) is 0 Å². The van der Waals surface area contributed by atoms with Crippen LogP contribution in [0.3, 0.4) is 0 Å². The van der Waals surface area contributed by atoms with Gasteiger partial charge in [0, 0.05) is 6.04 Å². The third kappa shape index (κ3) is 4.43. The summed E-state index contributed by atoms with van der Waals surface area (Å²) in [6, 6.07) is 6.75. The molecule has 1 atom stereocenters. The summed E-state index contributed by atoms with van der Waals surface area (Å²) in [5.41, 5.74) is 10.4. The SMILES string of the molecule is CCN(CC)CCC(N)Cc1c(C)cccc1C. The molecule has 1 rings (SSSR count). The maximum atomic E-state index is 6.27. The normalized spacial score (nSPS) is 13.0. The van der Waals surface area contributed by atoms with Gasteiger partial charge in [-0.1, -0.05) is 32.0 Å². The molecular weight excluding hydrogens is 220 g/mol. The van der Waals surface area contributed by atoms with Gasteiger partial charge in [-0.15, -0.1) is 0 Å². The van der Waals surface area contributed by atoms with E-state index in [-0.39, 0.29) is 6.04 Å². The summed E-state index contributed by atoms with van der Waals surface area (Å²) in [6.45, 7) is 12.1. The number of nitrogens with zero attached hydrogens (tertiary/aromatic N) is 1. The Balaban J connectivity index is 2.52. The van der Waals surface area contributed by atoms with Gasteiger partial charge in [-0.25, -0.2) is 0 Å². The molecule has 1 unspecified atom stereocenters. The van der Waals surface area contributed by atoms with Crippen LogP contribution in [0.15, 0.2) is 18.2 Å². The fourth-order valence-corrected chi connectivity index (χ4v) is 2.42. The van der Waals surface area contributed by atoms with E-state index in [1.807, 2.05) is 0 Å². The lowest BCUT2D eigenvalue weighted by atomic mass is 9.95. The van der Waals surface area contributed by atoms with Crippen molar-refractivity contribution < 1.29 is 0 Å². The predicted molar refractivity (Wildman–Crippen MR) is 80.0 cm³/mol. The first-order chi connectivity index (χ1) is 8.58. The Hall–Kier alpha value is -0.860. The summed E-state index contributed by atoms with van der Waals surface area (Å²) >= 11 is 0. The van der Waals surface area contributed by atoms with E-state index in [0.29, 0.717) is 0 Å². The van der Waals surface area contributed by atoms with E-state index in [2.05, 4.69) is 50.8 Å². The number of benzene rings is 1. The number of hydrogen-bond donors (Lipinski definition) is 1. The molecule has 0 saturated heterocycles. The van der Waals surface area contributed by atoms with Gasteiger partial charge < -0.3 is 10.6 Å². The third-order valence-electron chi connectivity index (χ3n) is 3.82. The molecule has 0 aliphatic carbocycles. The summed E-state index contributed by atoms with van der Waals surface area (Å²) in [7, 11) is 0. The summed E-state index contributed by atoms with van der Waals surface area (Å²) in [5, 5.41) is 0. The second-order valence-electron chi connectivity index (χ2n) is 5.15. The molecule has 1 aromatic rings. The van der Waals surface area contributed by atoms with Crippen molar-refractivity contribution in [3.05, 3.63) is 34.9 Å². The maximum absolute atomic E-state index is 6.27. The first kappa shape index (κ1) is 15.2.